The third kappa shape index (κ3) is 5.13. The van der Waals surface area contributed by atoms with Crippen LogP contribution in [0.2, 0.25) is 0 Å². The van der Waals surface area contributed by atoms with Gasteiger partial charge < -0.3 is 10.2 Å². The van der Waals surface area contributed by atoms with Crippen LogP contribution in [0, 0.1) is 11.3 Å². The van der Waals surface area contributed by atoms with E-state index in [1.165, 1.54) is 5.57 Å². The summed E-state index contributed by atoms with van der Waals surface area (Å²) in [5.41, 5.74) is 2.86. The van der Waals surface area contributed by atoms with Gasteiger partial charge in [0.1, 0.15) is 0 Å². The summed E-state index contributed by atoms with van der Waals surface area (Å²) in [5, 5.41) is 20.6. The number of aliphatic hydroxyl groups excluding tert-OH is 1. The lowest BCUT2D eigenvalue weighted by Crippen LogP contribution is -2.36. The molecule has 2 aliphatic rings. The highest BCUT2D eigenvalue weighted by atomic mass is 16.4. The van der Waals surface area contributed by atoms with Crippen molar-refractivity contribution in [2.75, 3.05) is 6.54 Å². The number of rotatable bonds is 10. The van der Waals surface area contributed by atoms with Crippen molar-refractivity contribution in [1.29, 1.82) is 0 Å². The second-order valence-electron chi connectivity index (χ2n) is 9.43. The van der Waals surface area contributed by atoms with Crippen LogP contribution in [0.3, 0.4) is 0 Å². The van der Waals surface area contributed by atoms with Crippen molar-refractivity contribution in [3.63, 3.8) is 0 Å². The normalized spacial score (nSPS) is 21.0. The Balaban J connectivity index is 1.36. The van der Waals surface area contributed by atoms with E-state index in [9.17, 15) is 24.6 Å². The van der Waals surface area contributed by atoms with Gasteiger partial charge in [0.05, 0.1) is 23.1 Å². The summed E-state index contributed by atoms with van der Waals surface area (Å²) in [6, 6.07) is 16.7. The lowest BCUT2D eigenvalue weighted by molar-refractivity contribution is -0.146. The molecular weight excluding hydrogens is 442 g/mol. The number of fused-ring (bicyclic) bond motifs is 1. The predicted molar refractivity (Wildman–Crippen MR) is 134 cm³/mol. The fraction of sp³-hybridized carbons (Fsp3) is 0.345. The molecule has 0 bridgehead atoms. The Hall–Kier alpha value is -3.51. The first kappa shape index (κ1) is 24.6. The van der Waals surface area contributed by atoms with Gasteiger partial charge >= 0.3 is 5.97 Å². The molecule has 1 aliphatic carbocycles. The molecule has 2 N–H and O–H groups in total. The van der Waals surface area contributed by atoms with Crippen LogP contribution in [-0.2, 0) is 4.79 Å². The van der Waals surface area contributed by atoms with E-state index in [1.54, 1.807) is 24.3 Å². The number of allylic oxidation sites excluding steroid dienone is 4. The molecule has 3 atom stereocenters. The fourth-order valence-corrected chi connectivity index (χ4v) is 5.01. The fourth-order valence-electron chi connectivity index (χ4n) is 5.01. The predicted octanol–water partition coefficient (Wildman–Crippen LogP) is 4.95. The summed E-state index contributed by atoms with van der Waals surface area (Å²) < 4.78 is 0. The molecule has 2 aromatic carbocycles. The average Bonchev–Trinajstić information content (AvgIpc) is 3.13. The first-order valence-corrected chi connectivity index (χ1v) is 12.2. The van der Waals surface area contributed by atoms with Crippen LogP contribution < -0.4 is 0 Å². The summed E-state index contributed by atoms with van der Waals surface area (Å²) in [6.07, 6.45) is 8.13. The van der Waals surface area contributed by atoms with E-state index in [0.717, 1.165) is 23.3 Å². The summed E-state index contributed by atoms with van der Waals surface area (Å²) in [5.74, 6) is -3.01. The van der Waals surface area contributed by atoms with E-state index < -0.39 is 29.8 Å². The van der Waals surface area contributed by atoms with Crippen molar-refractivity contribution in [2.24, 2.45) is 11.3 Å². The van der Waals surface area contributed by atoms with Gasteiger partial charge in [0, 0.05) is 6.54 Å². The number of nitrogens with zero attached hydrogens (tertiary/aromatic N) is 1. The van der Waals surface area contributed by atoms with Gasteiger partial charge in [0.25, 0.3) is 11.8 Å². The minimum atomic E-state index is -1.12. The van der Waals surface area contributed by atoms with Gasteiger partial charge in [-0.3, -0.25) is 19.3 Å². The van der Waals surface area contributed by atoms with Crippen LogP contribution in [0.1, 0.15) is 65.3 Å². The Bertz CT molecular complexity index is 1130. The summed E-state index contributed by atoms with van der Waals surface area (Å²) >= 11 is 0. The number of carbonyl (C=O) groups excluding carboxylic acids is 2. The van der Waals surface area contributed by atoms with E-state index in [1.807, 2.05) is 18.2 Å². The molecule has 6 heteroatoms. The molecular formula is C29H31NO5. The first-order valence-electron chi connectivity index (χ1n) is 12.2. The van der Waals surface area contributed by atoms with E-state index in [0.29, 0.717) is 24.0 Å². The number of aliphatic carboxylic acids is 1. The van der Waals surface area contributed by atoms with E-state index in [2.05, 4.69) is 37.3 Å². The number of amides is 2. The number of benzene rings is 2. The van der Waals surface area contributed by atoms with Crippen molar-refractivity contribution < 1.29 is 24.6 Å². The highest BCUT2D eigenvalue weighted by molar-refractivity contribution is 6.21. The smallest absolute Gasteiger partial charge is 0.309 e. The Morgan fingerprint density at radius 2 is 1.63 bits per heavy atom. The van der Waals surface area contributed by atoms with Gasteiger partial charge in [0.15, 0.2) is 0 Å². The molecule has 3 unspecified atom stereocenters. The molecule has 0 radical (unpaired) electrons. The van der Waals surface area contributed by atoms with E-state index in [4.69, 9.17) is 0 Å². The molecule has 1 heterocycles. The van der Waals surface area contributed by atoms with Crippen LogP contribution in [0.5, 0.6) is 0 Å². The quantitative estimate of drug-likeness (QED) is 0.476. The lowest BCUT2D eigenvalue weighted by Gasteiger charge is -2.33. The average molecular weight is 474 g/mol. The SMILES string of the molecule is CCC1(CCC(O)C(CCN2C(=O)c3ccccc3C2=O)C(=O)O)C=CC(c2ccccc2)=CC1. The molecule has 4 rings (SSSR count). The molecule has 2 amide bonds. The molecule has 0 fully saturated rings. The molecule has 35 heavy (non-hydrogen) atoms. The van der Waals surface area contributed by atoms with E-state index in [-0.39, 0.29) is 18.4 Å². The molecule has 0 aromatic heterocycles. The molecule has 182 valence electrons. The second-order valence-corrected chi connectivity index (χ2v) is 9.43. The zero-order chi connectivity index (χ0) is 25.0. The van der Waals surface area contributed by atoms with Gasteiger partial charge in [-0.05, 0) is 60.8 Å². The minimum Gasteiger partial charge on any atom is -0.481 e. The van der Waals surface area contributed by atoms with Crippen molar-refractivity contribution >= 4 is 23.4 Å². The largest absolute Gasteiger partial charge is 0.481 e. The Kier molecular flexibility index (Phi) is 7.31. The van der Waals surface area contributed by atoms with Crippen molar-refractivity contribution in [3.8, 4) is 0 Å². The zero-order valence-electron chi connectivity index (χ0n) is 19.9. The lowest BCUT2D eigenvalue weighted by atomic mass is 9.73. The van der Waals surface area contributed by atoms with Gasteiger partial charge in [-0.2, -0.15) is 0 Å². The number of carbonyl (C=O) groups is 3. The number of imide groups is 1. The van der Waals surface area contributed by atoms with Crippen LogP contribution in [0.25, 0.3) is 5.57 Å². The van der Waals surface area contributed by atoms with Crippen LogP contribution in [0.4, 0.5) is 0 Å². The van der Waals surface area contributed by atoms with Crippen molar-refractivity contribution in [1.82, 2.24) is 4.90 Å². The molecule has 1 aliphatic heterocycles. The topological polar surface area (TPSA) is 94.9 Å². The monoisotopic (exact) mass is 473 g/mol. The summed E-state index contributed by atoms with van der Waals surface area (Å²) in [7, 11) is 0. The van der Waals surface area contributed by atoms with Crippen molar-refractivity contribution in [3.05, 3.63) is 89.5 Å². The third-order valence-electron chi connectivity index (χ3n) is 7.42. The second kappa shape index (κ2) is 10.4. The number of hydrogen-bond donors (Lipinski definition) is 2. The Labute approximate surface area is 205 Å². The number of hydrogen-bond acceptors (Lipinski definition) is 4. The third-order valence-corrected chi connectivity index (χ3v) is 7.42. The van der Waals surface area contributed by atoms with Crippen LogP contribution in [0.15, 0.2) is 72.8 Å². The first-order chi connectivity index (χ1) is 16.8. The maximum Gasteiger partial charge on any atom is 0.309 e. The molecule has 6 nitrogen and oxygen atoms in total. The maximum atomic E-state index is 12.6. The van der Waals surface area contributed by atoms with Crippen LogP contribution >= 0.6 is 0 Å². The Morgan fingerprint density at radius 1 is 1.00 bits per heavy atom. The number of carboxylic acid groups (broad SMARTS) is 1. The standard InChI is InChI=1S/C29H31NO5/c1-2-29(16-12-21(13-17-29)20-8-4-3-5-9-20)18-14-25(31)24(28(34)35)15-19-30-26(32)22-10-6-7-11-23(22)27(30)33/h3-13,16,24-25,31H,2,14-15,17-19H2,1H3,(H,34,35). The van der Waals surface area contributed by atoms with Crippen LogP contribution in [-0.4, -0.2) is 45.5 Å². The maximum absolute atomic E-state index is 12.6. The molecule has 0 saturated heterocycles. The van der Waals surface area contributed by atoms with Gasteiger partial charge in [-0.15, -0.1) is 0 Å². The molecule has 0 spiro atoms. The minimum absolute atomic E-state index is 0.00892. The molecule has 2 aromatic rings. The van der Waals surface area contributed by atoms with Gasteiger partial charge in [-0.1, -0.05) is 67.6 Å². The number of aliphatic hydroxyl groups is 1. The molecule has 0 saturated carbocycles. The van der Waals surface area contributed by atoms with E-state index >= 15 is 0 Å². The summed E-state index contributed by atoms with van der Waals surface area (Å²) in [4.78, 5) is 38.2. The zero-order valence-corrected chi connectivity index (χ0v) is 19.9. The highest BCUT2D eigenvalue weighted by Crippen LogP contribution is 2.40. The summed E-state index contributed by atoms with van der Waals surface area (Å²) in [6.45, 7) is 2.07. The number of carboxylic acids is 1. The highest BCUT2D eigenvalue weighted by Gasteiger charge is 2.37. The Morgan fingerprint density at radius 3 is 2.17 bits per heavy atom. The van der Waals surface area contributed by atoms with Gasteiger partial charge in [0.2, 0.25) is 0 Å². The van der Waals surface area contributed by atoms with Gasteiger partial charge in [-0.25, -0.2) is 0 Å². The van der Waals surface area contributed by atoms with Crippen molar-refractivity contribution in [2.45, 2.75) is 45.1 Å².